The quantitative estimate of drug-likeness (QED) is 0.423. The summed E-state index contributed by atoms with van der Waals surface area (Å²) in [5, 5.41) is 1.20. The van der Waals surface area contributed by atoms with Crippen molar-refractivity contribution in [2.24, 2.45) is 0 Å². The number of aromatic amines is 1. The summed E-state index contributed by atoms with van der Waals surface area (Å²) in [6.07, 6.45) is 8.05. The van der Waals surface area contributed by atoms with Gasteiger partial charge < -0.3 is 14.6 Å². The van der Waals surface area contributed by atoms with Crippen LogP contribution in [0.5, 0.6) is 5.75 Å². The van der Waals surface area contributed by atoms with Gasteiger partial charge in [-0.25, -0.2) is 0 Å². The summed E-state index contributed by atoms with van der Waals surface area (Å²) in [6, 6.07) is 13.5. The monoisotopic (exact) mass is 418 g/mol. The van der Waals surface area contributed by atoms with Gasteiger partial charge in [0.1, 0.15) is 5.75 Å². The summed E-state index contributed by atoms with van der Waals surface area (Å²) in [4.78, 5) is 19.1. The number of carbonyl (C=O) groups is 1. The minimum Gasteiger partial charge on any atom is -0.494 e. The van der Waals surface area contributed by atoms with Crippen molar-refractivity contribution in [2.75, 3.05) is 26.2 Å². The van der Waals surface area contributed by atoms with Gasteiger partial charge in [0, 0.05) is 28.2 Å². The molecule has 0 aliphatic carbocycles. The van der Waals surface area contributed by atoms with Gasteiger partial charge in [-0.3, -0.25) is 4.79 Å². The molecule has 1 saturated heterocycles. The topological polar surface area (TPSA) is 45.3 Å². The lowest BCUT2D eigenvalue weighted by Gasteiger charge is -2.31. The van der Waals surface area contributed by atoms with E-state index in [1.807, 2.05) is 36.4 Å². The van der Waals surface area contributed by atoms with Crippen LogP contribution < -0.4 is 4.74 Å². The number of ketones is 1. The van der Waals surface area contributed by atoms with E-state index in [0.29, 0.717) is 18.1 Å². The van der Waals surface area contributed by atoms with Crippen LogP contribution in [0.3, 0.4) is 0 Å². The van der Waals surface area contributed by atoms with E-state index in [4.69, 9.17) is 4.74 Å². The maximum atomic E-state index is 13.1. The summed E-state index contributed by atoms with van der Waals surface area (Å²) in [7, 11) is 0. The van der Waals surface area contributed by atoms with Crippen LogP contribution in [-0.2, 0) is 0 Å². The van der Waals surface area contributed by atoms with Crippen LogP contribution in [0.15, 0.2) is 48.7 Å². The van der Waals surface area contributed by atoms with Gasteiger partial charge in [0.25, 0.3) is 0 Å². The average Bonchev–Trinajstić information content (AvgIpc) is 3.25. The maximum absolute atomic E-state index is 13.1. The fraction of sp³-hybridized carbons (Fsp3) is 0.444. The Morgan fingerprint density at radius 2 is 1.77 bits per heavy atom. The number of rotatable bonds is 9. The molecule has 31 heavy (non-hydrogen) atoms. The molecule has 0 spiro atoms. The molecule has 1 aliphatic heterocycles. The van der Waals surface area contributed by atoms with Gasteiger partial charge in [-0.05, 0) is 99.3 Å². The molecule has 4 nitrogen and oxygen atoms in total. The van der Waals surface area contributed by atoms with Crippen LogP contribution >= 0.6 is 0 Å². The molecule has 1 aliphatic rings. The van der Waals surface area contributed by atoms with Crippen LogP contribution in [0.25, 0.3) is 10.9 Å². The molecule has 0 saturated carbocycles. The Labute approximate surface area is 185 Å². The number of likely N-dealkylation sites (tertiary alicyclic amines) is 1. The predicted molar refractivity (Wildman–Crippen MR) is 127 cm³/mol. The largest absolute Gasteiger partial charge is 0.494 e. The van der Waals surface area contributed by atoms with E-state index in [1.54, 1.807) is 0 Å². The van der Waals surface area contributed by atoms with Gasteiger partial charge in [0.05, 0.1) is 6.61 Å². The van der Waals surface area contributed by atoms with Crippen molar-refractivity contribution in [3.8, 4) is 5.75 Å². The number of benzene rings is 2. The number of fused-ring (bicyclic) bond motifs is 1. The molecule has 164 valence electrons. The lowest BCUT2D eigenvalue weighted by atomic mass is 9.88. The van der Waals surface area contributed by atoms with Crippen molar-refractivity contribution in [2.45, 2.75) is 51.9 Å². The Morgan fingerprint density at radius 3 is 2.48 bits per heavy atom. The standard InChI is InChI=1S/C27H34N2O2/c1-3-5-14-29-15-12-20(13-16-29)25-19-28-26-11-8-22(18-24(25)26)27(30)21-6-9-23(10-7-21)31-17-4-2/h6-11,18-20,28H,3-5,12-17H2,1-2H3. The fourth-order valence-electron chi connectivity index (χ4n) is 4.56. The SMILES string of the molecule is CCCCN1CCC(c2c[nH]c3ccc(C(=O)c4ccc(OCCC)cc4)cc23)CC1. The number of piperidine rings is 1. The average molecular weight is 419 g/mol. The molecule has 0 radical (unpaired) electrons. The summed E-state index contributed by atoms with van der Waals surface area (Å²) < 4.78 is 5.64. The summed E-state index contributed by atoms with van der Waals surface area (Å²) in [5.41, 5.74) is 3.92. The Morgan fingerprint density at radius 1 is 1.03 bits per heavy atom. The molecule has 3 aromatic rings. The Bertz CT molecular complexity index is 998. The number of unbranched alkanes of at least 4 members (excludes halogenated alkanes) is 1. The molecule has 0 amide bonds. The van der Waals surface area contributed by atoms with Crippen molar-refractivity contribution in [3.63, 3.8) is 0 Å². The fourth-order valence-corrected chi connectivity index (χ4v) is 4.56. The van der Waals surface area contributed by atoms with Crippen molar-refractivity contribution in [1.82, 2.24) is 9.88 Å². The van der Waals surface area contributed by atoms with Crippen LogP contribution in [0, 0.1) is 0 Å². The van der Waals surface area contributed by atoms with E-state index in [1.165, 1.54) is 56.3 Å². The zero-order valence-electron chi connectivity index (χ0n) is 18.8. The van der Waals surface area contributed by atoms with Gasteiger partial charge in [-0.2, -0.15) is 0 Å². The second kappa shape index (κ2) is 10.1. The Hall–Kier alpha value is -2.59. The summed E-state index contributed by atoms with van der Waals surface area (Å²) >= 11 is 0. The molecule has 4 heteroatoms. The first kappa shape index (κ1) is 21.6. The molecule has 1 aromatic heterocycles. The Balaban J connectivity index is 1.50. The van der Waals surface area contributed by atoms with E-state index in [0.717, 1.165) is 23.3 Å². The highest BCUT2D eigenvalue weighted by Gasteiger charge is 2.23. The van der Waals surface area contributed by atoms with Crippen molar-refractivity contribution >= 4 is 16.7 Å². The minimum atomic E-state index is 0.0606. The van der Waals surface area contributed by atoms with Crippen LogP contribution in [-0.4, -0.2) is 41.9 Å². The Kier molecular flexibility index (Phi) is 7.08. The number of H-pyrrole nitrogens is 1. The number of nitrogens with zero attached hydrogens (tertiary/aromatic N) is 1. The third kappa shape index (κ3) is 5.01. The summed E-state index contributed by atoms with van der Waals surface area (Å²) in [6.45, 7) is 8.59. The number of hydrogen-bond acceptors (Lipinski definition) is 3. The van der Waals surface area contributed by atoms with Gasteiger partial charge in [0.2, 0.25) is 0 Å². The van der Waals surface area contributed by atoms with E-state index in [9.17, 15) is 4.79 Å². The molecule has 4 rings (SSSR count). The minimum absolute atomic E-state index is 0.0606. The molecular formula is C27H34N2O2. The zero-order valence-corrected chi connectivity index (χ0v) is 18.8. The van der Waals surface area contributed by atoms with E-state index in [2.05, 4.69) is 36.0 Å². The number of aromatic nitrogens is 1. The van der Waals surface area contributed by atoms with Crippen molar-refractivity contribution < 1.29 is 9.53 Å². The number of nitrogens with one attached hydrogen (secondary N) is 1. The van der Waals surface area contributed by atoms with E-state index in [-0.39, 0.29) is 5.78 Å². The van der Waals surface area contributed by atoms with Crippen LogP contribution in [0.4, 0.5) is 0 Å². The second-order valence-corrected chi connectivity index (χ2v) is 8.68. The first-order chi connectivity index (χ1) is 15.2. The third-order valence-corrected chi connectivity index (χ3v) is 6.42. The van der Waals surface area contributed by atoms with Crippen molar-refractivity contribution in [1.29, 1.82) is 0 Å². The number of carbonyl (C=O) groups excluding carboxylic acids is 1. The van der Waals surface area contributed by atoms with Gasteiger partial charge in [-0.15, -0.1) is 0 Å². The number of hydrogen-bond donors (Lipinski definition) is 1. The molecule has 2 aromatic carbocycles. The predicted octanol–water partition coefficient (Wildman–Crippen LogP) is 6.17. The van der Waals surface area contributed by atoms with Crippen LogP contribution in [0.2, 0.25) is 0 Å². The molecule has 1 N–H and O–H groups in total. The van der Waals surface area contributed by atoms with Gasteiger partial charge >= 0.3 is 0 Å². The van der Waals surface area contributed by atoms with E-state index < -0.39 is 0 Å². The molecule has 0 unspecified atom stereocenters. The first-order valence-corrected chi connectivity index (χ1v) is 11.8. The van der Waals surface area contributed by atoms with Crippen LogP contribution in [0.1, 0.15) is 73.4 Å². The van der Waals surface area contributed by atoms with E-state index >= 15 is 0 Å². The summed E-state index contributed by atoms with van der Waals surface area (Å²) in [5.74, 6) is 1.43. The number of ether oxygens (including phenoxy) is 1. The lowest BCUT2D eigenvalue weighted by molar-refractivity contribution is 0.103. The molecule has 0 bridgehead atoms. The maximum Gasteiger partial charge on any atom is 0.193 e. The second-order valence-electron chi connectivity index (χ2n) is 8.68. The molecular weight excluding hydrogens is 384 g/mol. The molecule has 2 heterocycles. The van der Waals surface area contributed by atoms with Gasteiger partial charge in [-0.1, -0.05) is 20.3 Å². The lowest BCUT2D eigenvalue weighted by Crippen LogP contribution is -2.33. The first-order valence-electron chi connectivity index (χ1n) is 11.8. The molecule has 1 fully saturated rings. The normalized spacial score (nSPS) is 15.4. The van der Waals surface area contributed by atoms with Gasteiger partial charge in [0.15, 0.2) is 5.78 Å². The highest BCUT2D eigenvalue weighted by atomic mass is 16.5. The third-order valence-electron chi connectivity index (χ3n) is 6.42. The highest BCUT2D eigenvalue weighted by Crippen LogP contribution is 2.34. The zero-order chi connectivity index (χ0) is 21.6. The highest BCUT2D eigenvalue weighted by molar-refractivity contribution is 6.10. The molecule has 0 atom stereocenters. The smallest absolute Gasteiger partial charge is 0.193 e. The van der Waals surface area contributed by atoms with Crippen molar-refractivity contribution in [3.05, 3.63) is 65.4 Å².